The highest BCUT2D eigenvalue weighted by atomic mass is 32.2. The van der Waals surface area contributed by atoms with Gasteiger partial charge in [0.05, 0.1) is 0 Å². The van der Waals surface area contributed by atoms with Crippen molar-refractivity contribution in [2.45, 2.75) is 44.4 Å². The molecule has 1 aromatic heterocycles. The number of hydrogen-bond acceptors (Lipinski definition) is 4. The molecule has 6 heteroatoms. The second-order valence-electron chi connectivity index (χ2n) is 4.84. The Balaban J connectivity index is 2.71. The van der Waals surface area contributed by atoms with E-state index in [1.54, 1.807) is 19.2 Å². The normalized spacial score (nSPS) is 11.8. The molecule has 20 heavy (non-hydrogen) atoms. The van der Waals surface area contributed by atoms with E-state index in [0.29, 0.717) is 12.4 Å². The molecule has 0 aliphatic rings. The lowest BCUT2D eigenvalue weighted by molar-refractivity contribution is 0.454. The van der Waals surface area contributed by atoms with Gasteiger partial charge in [0.2, 0.25) is 10.0 Å². The average molecular weight is 299 g/mol. The van der Waals surface area contributed by atoms with Gasteiger partial charge in [0, 0.05) is 26.3 Å². The minimum absolute atomic E-state index is 0.249. The minimum atomic E-state index is -3.41. The highest BCUT2D eigenvalue weighted by Gasteiger charge is 2.20. The number of sulfonamides is 1. The fourth-order valence-electron chi connectivity index (χ4n) is 1.78. The molecular weight excluding hydrogens is 274 g/mol. The van der Waals surface area contributed by atoms with Crippen LogP contribution in [0.1, 0.15) is 39.5 Å². The van der Waals surface area contributed by atoms with Crippen LogP contribution >= 0.6 is 0 Å². The van der Waals surface area contributed by atoms with E-state index < -0.39 is 10.0 Å². The fraction of sp³-hybridized carbons (Fsp3) is 0.643. The largest absolute Gasteiger partial charge is 0.370 e. The summed E-state index contributed by atoms with van der Waals surface area (Å²) < 4.78 is 26.0. The van der Waals surface area contributed by atoms with Crippen LogP contribution in [-0.4, -0.2) is 37.8 Å². The third-order valence-corrected chi connectivity index (χ3v) is 4.92. The van der Waals surface area contributed by atoms with Crippen molar-refractivity contribution < 1.29 is 8.42 Å². The Hall–Kier alpha value is -1.14. The molecule has 1 heterocycles. The van der Waals surface area contributed by atoms with E-state index >= 15 is 0 Å². The van der Waals surface area contributed by atoms with Crippen molar-refractivity contribution in [3.63, 3.8) is 0 Å². The summed E-state index contributed by atoms with van der Waals surface area (Å²) in [5.41, 5.74) is 0. The molecule has 0 spiro atoms. The van der Waals surface area contributed by atoms with E-state index in [-0.39, 0.29) is 4.90 Å². The highest BCUT2D eigenvalue weighted by Crippen LogP contribution is 2.15. The monoisotopic (exact) mass is 299 g/mol. The second-order valence-corrected chi connectivity index (χ2v) is 6.88. The average Bonchev–Trinajstić information content (AvgIpc) is 2.45. The number of unbranched alkanes of at least 4 members (excludes halogenated alkanes) is 2. The third kappa shape index (κ3) is 4.76. The van der Waals surface area contributed by atoms with Crippen LogP contribution in [0.5, 0.6) is 0 Å². The molecule has 0 saturated carbocycles. The number of aromatic nitrogens is 1. The molecule has 0 atom stereocenters. The van der Waals surface area contributed by atoms with E-state index in [1.165, 1.54) is 10.5 Å². The molecule has 1 rings (SSSR count). The van der Waals surface area contributed by atoms with Crippen LogP contribution in [0, 0.1) is 0 Å². The van der Waals surface area contributed by atoms with Gasteiger partial charge in [-0.25, -0.2) is 17.7 Å². The molecule has 0 bridgehead atoms. The number of rotatable bonds is 9. The predicted octanol–water partition coefficient (Wildman–Crippen LogP) is 2.71. The molecule has 0 fully saturated rings. The summed E-state index contributed by atoms with van der Waals surface area (Å²) in [6.45, 7) is 5.54. The Morgan fingerprint density at radius 2 is 1.95 bits per heavy atom. The van der Waals surface area contributed by atoms with Crippen LogP contribution < -0.4 is 5.32 Å². The number of hydrogen-bond donors (Lipinski definition) is 1. The lowest BCUT2D eigenvalue weighted by atomic mass is 10.2. The first-order valence-electron chi connectivity index (χ1n) is 7.18. The van der Waals surface area contributed by atoms with Gasteiger partial charge in [0.1, 0.15) is 10.7 Å². The molecule has 0 amide bonds. The molecule has 114 valence electrons. The van der Waals surface area contributed by atoms with E-state index in [4.69, 9.17) is 0 Å². The Morgan fingerprint density at radius 3 is 2.50 bits per heavy atom. The maximum Gasteiger partial charge on any atom is 0.244 e. The quantitative estimate of drug-likeness (QED) is 0.712. The summed E-state index contributed by atoms with van der Waals surface area (Å²) in [4.78, 5) is 4.39. The van der Waals surface area contributed by atoms with Crippen molar-refractivity contribution in [2.75, 3.05) is 25.5 Å². The summed E-state index contributed by atoms with van der Waals surface area (Å²) >= 11 is 0. The summed E-state index contributed by atoms with van der Waals surface area (Å²) in [5, 5.41) is 3.12. The van der Waals surface area contributed by atoms with Crippen molar-refractivity contribution in [1.29, 1.82) is 0 Å². The SMILES string of the molecule is CCCCCN(C)S(=O)(=O)c1ccc(NCCC)nc1. The molecule has 0 aromatic carbocycles. The first-order valence-corrected chi connectivity index (χ1v) is 8.62. The van der Waals surface area contributed by atoms with Crippen LogP contribution in [0.2, 0.25) is 0 Å². The molecule has 0 saturated heterocycles. The fourth-order valence-corrected chi connectivity index (χ4v) is 2.93. The zero-order valence-electron chi connectivity index (χ0n) is 12.6. The summed E-state index contributed by atoms with van der Waals surface area (Å²) in [6, 6.07) is 3.32. The van der Waals surface area contributed by atoms with Crippen molar-refractivity contribution in [2.24, 2.45) is 0 Å². The van der Waals surface area contributed by atoms with Crippen LogP contribution in [0.3, 0.4) is 0 Å². The van der Waals surface area contributed by atoms with Gasteiger partial charge in [-0.05, 0) is 25.0 Å². The molecule has 1 N–H and O–H groups in total. The van der Waals surface area contributed by atoms with Gasteiger partial charge in [0.15, 0.2) is 0 Å². The molecule has 0 aliphatic heterocycles. The van der Waals surface area contributed by atoms with Gasteiger partial charge in [-0.1, -0.05) is 26.7 Å². The van der Waals surface area contributed by atoms with Crippen LogP contribution in [0.25, 0.3) is 0 Å². The molecular formula is C14H25N3O2S. The number of pyridine rings is 1. The Kier molecular flexibility index (Phi) is 6.95. The highest BCUT2D eigenvalue weighted by molar-refractivity contribution is 7.89. The topological polar surface area (TPSA) is 62.3 Å². The van der Waals surface area contributed by atoms with Gasteiger partial charge in [-0.15, -0.1) is 0 Å². The van der Waals surface area contributed by atoms with Crippen molar-refractivity contribution in [1.82, 2.24) is 9.29 Å². The summed E-state index contributed by atoms with van der Waals surface area (Å²) in [6.07, 6.45) is 5.42. The van der Waals surface area contributed by atoms with Gasteiger partial charge < -0.3 is 5.32 Å². The van der Waals surface area contributed by atoms with Gasteiger partial charge >= 0.3 is 0 Å². The van der Waals surface area contributed by atoms with E-state index in [9.17, 15) is 8.42 Å². The third-order valence-electron chi connectivity index (χ3n) is 3.08. The van der Waals surface area contributed by atoms with E-state index in [2.05, 4.69) is 24.1 Å². The minimum Gasteiger partial charge on any atom is -0.370 e. The number of nitrogens with one attached hydrogen (secondary N) is 1. The lowest BCUT2D eigenvalue weighted by Gasteiger charge is -2.17. The number of nitrogens with zero attached hydrogens (tertiary/aromatic N) is 2. The maximum absolute atomic E-state index is 12.3. The first-order chi connectivity index (χ1) is 9.52. The second kappa shape index (κ2) is 8.21. The zero-order valence-corrected chi connectivity index (χ0v) is 13.4. The van der Waals surface area contributed by atoms with Crippen LogP contribution in [-0.2, 0) is 10.0 Å². The zero-order chi connectivity index (χ0) is 15.0. The van der Waals surface area contributed by atoms with Crippen molar-refractivity contribution >= 4 is 15.8 Å². The summed E-state index contributed by atoms with van der Waals surface area (Å²) in [7, 11) is -1.79. The standard InChI is InChI=1S/C14H25N3O2S/c1-4-6-7-11-17(3)20(18,19)13-8-9-14(16-12-13)15-10-5-2/h8-9,12H,4-7,10-11H2,1-3H3,(H,15,16). The lowest BCUT2D eigenvalue weighted by Crippen LogP contribution is -2.28. The van der Waals surface area contributed by atoms with E-state index in [1.807, 2.05) is 0 Å². The molecule has 0 radical (unpaired) electrons. The number of anilines is 1. The molecule has 0 aliphatic carbocycles. The van der Waals surface area contributed by atoms with Gasteiger partial charge in [-0.2, -0.15) is 0 Å². The predicted molar refractivity (Wildman–Crippen MR) is 82.4 cm³/mol. The van der Waals surface area contributed by atoms with Gasteiger partial charge in [0.25, 0.3) is 0 Å². The van der Waals surface area contributed by atoms with Crippen molar-refractivity contribution in [3.05, 3.63) is 18.3 Å². The molecule has 5 nitrogen and oxygen atoms in total. The molecule has 0 unspecified atom stereocenters. The Bertz CT molecular complexity index is 486. The van der Waals surface area contributed by atoms with Crippen LogP contribution in [0.15, 0.2) is 23.2 Å². The smallest absolute Gasteiger partial charge is 0.244 e. The van der Waals surface area contributed by atoms with Crippen LogP contribution in [0.4, 0.5) is 5.82 Å². The Labute approximate surface area is 122 Å². The van der Waals surface area contributed by atoms with E-state index in [0.717, 1.165) is 32.2 Å². The first kappa shape index (κ1) is 16.9. The Morgan fingerprint density at radius 1 is 1.20 bits per heavy atom. The summed E-state index contributed by atoms with van der Waals surface area (Å²) in [5.74, 6) is 0.708. The maximum atomic E-state index is 12.3. The molecule has 1 aromatic rings. The van der Waals surface area contributed by atoms with Gasteiger partial charge in [-0.3, -0.25) is 0 Å². The van der Waals surface area contributed by atoms with Crippen molar-refractivity contribution in [3.8, 4) is 0 Å².